The van der Waals surface area contributed by atoms with Crippen molar-refractivity contribution in [1.29, 1.82) is 0 Å². The number of nitrogens with one attached hydrogen (secondary N) is 2. The molecule has 12 nitrogen and oxygen atoms in total. The van der Waals surface area contributed by atoms with Gasteiger partial charge in [-0.2, -0.15) is 0 Å². The number of imidazole rings is 1. The summed E-state index contributed by atoms with van der Waals surface area (Å²) >= 11 is 6.53. The van der Waals surface area contributed by atoms with Crippen molar-refractivity contribution in [2.24, 2.45) is 0 Å². The molecule has 5 heterocycles. The molecule has 1 aliphatic heterocycles. The van der Waals surface area contributed by atoms with Gasteiger partial charge in [-0.1, -0.05) is 11.6 Å². The predicted octanol–water partition coefficient (Wildman–Crippen LogP) is 0.843. The van der Waals surface area contributed by atoms with E-state index < -0.39 is 22.0 Å². The maximum atomic E-state index is 13.2. The summed E-state index contributed by atoms with van der Waals surface area (Å²) in [5.74, 6) is 0.271. The first-order valence-corrected chi connectivity index (χ1v) is 12.5. The van der Waals surface area contributed by atoms with Gasteiger partial charge in [-0.05, 0) is 19.1 Å². The molecule has 0 aliphatic carbocycles. The van der Waals surface area contributed by atoms with E-state index in [1.54, 1.807) is 37.1 Å². The molecular weight excluding hydrogens is 482 g/mol. The van der Waals surface area contributed by atoms with Crippen LogP contribution in [-0.2, 0) is 10.0 Å². The minimum Gasteiger partial charge on any atom is -0.381 e. The van der Waals surface area contributed by atoms with Gasteiger partial charge in [0.05, 0.1) is 28.5 Å². The first-order chi connectivity index (χ1) is 16.2. The van der Waals surface area contributed by atoms with Gasteiger partial charge in [0.1, 0.15) is 17.7 Å². The summed E-state index contributed by atoms with van der Waals surface area (Å²) in [4.78, 5) is 23.6. The van der Waals surface area contributed by atoms with Crippen LogP contribution in [0, 0.1) is 0 Å². The van der Waals surface area contributed by atoms with E-state index in [4.69, 9.17) is 17.3 Å². The molecule has 5 rings (SSSR count). The molecule has 0 saturated carbocycles. The number of nitrogens with zero attached hydrogens (tertiary/aromatic N) is 6. The topological polar surface area (TPSA) is 152 Å². The molecule has 4 N–H and O–H groups in total. The van der Waals surface area contributed by atoms with E-state index in [0.717, 1.165) is 0 Å². The van der Waals surface area contributed by atoms with E-state index in [1.807, 2.05) is 16.2 Å². The zero-order valence-corrected chi connectivity index (χ0v) is 19.7. The number of anilines is 2. The number of fused-ring (bicyclic) bond motifs is 2. The summed E-state index contributed by atoms with van der Waals surface area (Å²) in [6.45, 7) is 2.78. The number of nitrogens with two attached hydrogens (primary N) is 1. The number of aromatic nitrogens is 5. The number of halogens is 1. The van der Waals surface area contributed by atoms with E-state index in [0.29, 0.717) is 34.1 Å². The number of rotatable bonds is 4. The van der Waals surface area contributed by atoms with Crippen molar-refractivity contribution in [3.63, 3.8) is 0 Å². The smallest absolute Gasteiger partial charge is 0.259 e. The van der Waals surface area contributed by atoms with Gasteiger partial charge in [0, 0.05) is 37.6 Å². The fourth-order valence-electron chi connectivity index (χ4n) is 4.14. The molecule has 1 fully saturated rings. The van der Waals surface area contributed by atoms with Gasteiger partial charge in [0.25, 0.3) is 5.91 Å². The average molecular weight is 504 g/mol. The number of pyridine rings is 1. The average Bonchev–Trinajstić information content (AvgIpc) is 3.35. The SMILES string of the molecule is CC(NC(=O)c1c(N)nn2cccnc12)c1cc(Cl)c2cncn2c1N1CCNS(=O)(=O)CC1. The monoisotopic (exact) mass is 503 g/mol. The second-order valence-corrected chi connectivity index (χ2v) is 10.3. The fraction of sp³-hybridized carbons (Fsp3) is 0.300. The van der Waals surface area contributed by atoms with Gasteiger partial charge < -0.3 is 16.0 Å². The first-order valence-electron chi connectivity index (χ1n) is 10.5. The van der Waals surface area contributed by atoms with Crippen LogP contribution >= 0.6 is 11.6 Å². The summed E-state index contributed by atoms with van der Waals surface area (Å²) < 4.78 is 30.0. The number of carbonyl (C=O) groups is 1. The highest BCUT2D eigenvalue weighted by Gasteiger charge is 2.27. The Kier molecular flexibility index (Phi) is 5.54. The van der Waals surface area contributed by atoms with Crippen LogP contribution in [0.25, 0.3) is 11.2 Å². The molecule has 0 aromatic carbocycles. The molecule has 14 heteroatoms. The molecule has 178 valence electrons. The minimum absolute atomic E-state index is 0.0589. The van der Waals surface area contributed by atoms with Crippen molar-refractivity contribution in [2.75, 3.05) is 36.0 Å². The van der Waals surface area contributed by atoms with Crippen molar-refractivity contribution < 1.29 is 13.2 Å². The van der Waals surface area contributed by atoms with Crippen LogP contribution in [0.1, 0.15) is 28.9 Å². The Balaban J connectivity index is 1.54. The maximum Gasteiger partial charge on any atom is 0.259 e. The van der Waals surface area contributed by atoms with Crippen molar-refractivity contribution in [2.45, 2.75) is 13.0 Å². The lowest BCUT2D eigenvalue weighted by atomic mass is 10.1. The number of amides is 1. The molecular formula is C20H22ClN9O3S. The van der Waals surface area contributed by atoms with Gasteiger partial charge in [0.2, 0.25) is 10.0 Å². The van der Waals surface area contributed by atoms with Crippen LogP contribution in [0.2, 0.25) is 5.02 Å². The van der Waals surface area contributed by atoms with Crippen LogP contribution < -0.4 is 20.7 Å². The quantitative estimate of drug-likeness (QED) is 0.370. The third-order valence-corrected chi connectivity index (χ3v) is 7.42. The van der Waals surface area contributed by atoms with Gasteiger partial charge in [0.15, 0.2) is 11.5 Å². The lowest BCUT2D eigenvalue weighted by Gasteiger charge is -2.28. The van der Waals surface area contributed by atoms with Crippen LogP contribution in [0.3, 0.4) is 0 Å². The summed E-state index contributed by atoms with van der Waals surface area (Å²) in [7, 11) is -3.36. The predicted molar refractivity (Wildman–Crippen MR) is 127 cm³/mol. The Hall–Kier alpha value is -3.42. The Morgan fingerprint density at radius 3 is 3.00 bits per heavy atom. The Labute approximate surface area is 199 Å². The largest absolute Gasteiger partial charge is 0.381 e. The maximum absolute atomic E-state index is 13.2. The summed E-state index contributed by atoms with van der Waals surface area (Å²) in [6, 6.07) is 2.94. The molecule has 1 unspecified atom stereocenters. The Morgan fingerprint density at radius 1 is 1.35 bits per heavy atom. The van der Waals surface area contributed by atoms with Gasteiger partial charge in [-0.3, -0.25) is 9.20 Å². The zero-order valence-electron chi connectivity index (χ0n) is 18.1. The van der Waals surface area contributed by atoms with Crippen LogP contribution in [0.4, 0.5) is 11.6 Å². The van der Waals surface area contributed by atoms with Gasteiger partial charge >= 0.3 is 0 Å². The van der Waals surface area contributed by atoms with Crippen molar-refractivity contribution in [3.05, 3.63) is 53.2 Å². The summed E-state index contributed by atoms with van der Waals surface area (Å²) in [5.41, 5.74) is 7.90. The molecule has 1 amide bonds. The number of sulfonamides is 1. The third kappa shape index (κ3) is 3.91. The van der Waals surface area contributed by atoms with E-state index in [-0.39, 0.29) is 30.2 Å². The zero-order chi connectivity index (χ0) is 24.0. The van der Waals surface area contributed by atoms with Crippen LogP contribution in [-0.4, -0.2) is 63.7 Å². The lowest BCUT2D eigenvalue weighted by Crippen LogP contribution is -2.34. The van der Waals surface area contributed by atoms with E-state index in [2.05, 4.69) is 25.1 Å². The summed E-state index contributed by atoms with van der Waals surface area (Å²) in [6.07, 6.45) is 6.47. The second-order valence-electron chi connectivity index (χ2n) is 7.96. The van der Waals surface area contributed by atoms with Crippen LogP contribution in [0.15, 0.2) is 37.1 Å². The molecule has 0 spiro atoms. The normalized spacial score (nSPS) is 17.1. The highest BCUT2D eigenvalue weighted by molar-refractivity contribution is 7.89. The number of nitrogen functional groups attached to an aromatic ring is 1. The number of hydrogen-bond donors (Lipinski definition) is 3. The van der Waals surface area contributed by atoms with E-state index in [1.165, 1.54) is 4.52 Å². The molecule has 1 atom stereocenters. The summed E-state index contributed by atoms with van der Waals surface area (Å²) in [5, 5.41) is 7.56. The van der Waals surface area contributed by atoms with E-state index in [9.17, 15) is 13.2 Å². The molecule has 4 aromatic heterocycles. The third-order valence-electron chi connectivity index (χ3n) is 5.75. The standard InChI is InChI=1S/C20H22ClN9O3S/c1-12(26-19(31)16-17(22)27-30-5-2-3-24-18(16)30)13-9-14(21)15-10-23-11-29(15)20(13)28-6-4-25-34(32,33)8-7-28/h2-3,5,9-12,25H,4,6-8H2,1H3,(H2,22,27)(H,26,31). The number of carbonyl (C=O) groups excluding carboxylic acids is 1. The Morgan fingerprint density at radius 2 is 2.18 bits per heavy atom. The molecule has 34 heavy (non-hydrogen) atoms. The molecule has 1 aliphatic rings. The second kappa shape index (κ2) is 8.42. The van der Waals surface area contributed by atoms with Gasteiger partial charge in [-0.15, -0.1) is 5.10 Å². The highest BCUT2D eigenvalue weighted by atomic mass is 35.5. The molecule has 4 aromatic rings. The van der Waals surface area contributed by atoms with Crippen molar-refractivity contribution >= 4 is 50.3 Å². The van der Waals surface area contributed by atoms with Crippen molar-refractivity contribution in [1.82, 2.24) is 34.0 Å². The lowest BCUT2D eigenvalue weighted by molar-refractivity contribution is 0.0942. The van der Waals surface area contributed by atoms with Crippen LogP contribution in [0.5, 0.6) is 0 Å². The van der Waals surface area contributed by atoms with Crippen molar-refractivity contribution in [3.8, 4) is 0 Å². The molecule has 0 bridgehead atoms. The number of hydrogen-bond acceptors (Lipinski definition) is 8. The van der Waals surface area contributed by atoms with E-state index >= 15 is 0 Å². The molecule has 1 saturated heterocycles. The Bertz CT molecular complexity index is 1510. The highest BCUT2D eigenvalue weighted by Crippen LogP contribution is 2.33. The first kappa shape index (κ1) is 22.4. The fourth-order valence-corrected chi connectivity index (χ4v) is 5.40. The molecule has 0 radical (unpaired) electrons. The van der Waals surface area contributed by atoms with Gasteiger partial charge in [-0.25, -0.2) is 27.6 Å². The minimum atomic E-state index is -3.36.